The molecule has 4 nitrogen and oxygen atoms in total. The number of allylic oxidation sites excluding steroid dienone is 1. The average molecular weight is 382 g/mol. The summed E-state index contributed by atoms with van der Waals surface area (Å²) in [5.41, 5.74) is 8.93. The van der Waals surface area contributed by atoms with Gasteiger partial charge >= 0.3 is 0 Å². The van der Waals surface area contributed by atoms with E-state index in [1.165, 1.54) is 4.88 Å². The molecule has 0 amide bonds. The van der Waals surface area contributed by atoms with Gasteiger partial charge in [0.1, 0.15) is 17.4 Å². The highest BCUT2D eigenvalue weighted by atomic mass is 32.1. The van der Waals surface area contributed by atoms with E-state index in [9.17, 15) is 5.26 Å². The van der Waals surface area contributed by atoms with Crippen molar-refractivity contribution in [3.63, 3.8) is 0 Å². The highest BCUT2D eigenvalue weighted by Crippen LogP contribution is 2.44. The normalized spacial score (nSPS) is 22.3. The van der Waals surface area contributed by atoms with Crippen molar-refractivity contribution in [3.8, 4) is 6.07 Å². The van der Waals surface area contributed by atoms with Crippen LogP contribution in [0.2, 0.25) is 0 Å². The number of nitrogens with zero attached hydrogens (tertiary/aromatic N) is 2. The van der Waals surface area contributed by atoms with Crippen LogP contribution in [-0.4, -0.2) is 24.5 Å². The number of thiophene rings is 2. The Bertz CT molecular complexity index is 930. The second-order valence-corrected chi connectivity index (χ2v) is 8.24. The largest absolute Gasteiger partial charge is 0.440 e. The summed E-state index contributed by atoms with van der Waals surface area (Å²) >= 11 is 3.36. The van der Waals surface area contributed by atoms with E-state index in [4.69, 9.17) is 10.5 Å². The molecule has 0 radical (unpaired) electrons. The first-order valence-electron chi connectivity index (χ1n) is 8.52. The van der Waals surface area contributed by atoms with Crippen molar-refractivity contribution >= 4 is 28.7 Å². The summed E-state index contributed by atoms with van der Waals surface area (Å²) in [6.07, 6.45) is 2.18. The molecule has 0 aromatic carbocycles. The third-order valence-corrected chi connectivity index (χ3v) is 6.50. The monoisotopic (exact) mass is 381 g/mol. The Labute approximate surface area is 161 Å². The summed E-state index contributed by atoms with van der Waals surface area (Å²) in [6, 6.07) is 10.5. The Morgan fingerprint density at radius 3 is 2.77 bits per heavy atom. The molecule has 0 saturated carbocycles. The number of likely N-dealkylation sites (N-methyl/N-ethyl adjacent to an activating group) is 1. The molecule has 2 aromatic rings. The Morgan fingerprint density at radius 1 is 1.31 bits per heavy atom. The molecule has 26 heavy (non-hydrogen) atoms. The van der Waals surface area contributed by atoms with E-state index in [-0.39, 0.29) is 11.8 Å². The second-order valence-electron chi connectivity index (χ2n) is 6.28. The lowest BCUT2D eigenvalue weighted by Crippen LogP contribution is -2.37. The predicted molar refractivity (Wildman–Crippen MR) is 106 cm³/mol. The molecule has 0 bridgehead atoms. The standard InChI is InChI=1S/C20H19N3OS2/c1-2-23-11-13(9-14-5-3-7-25-14)19-16(12-23)18(17-6-4-8-26-17)15(10-21)20(22)24-19/h3-9,18H,2,11-12,22H2,1H3/b13-9-/t18-/m1/s1. The van der Waals surface area contributed by atoms with Gasteiger partial charge < -0.3 is 10.5 Å². The molecule has 132 valence electrons. The van der Waals surface area contributed by atoms with Gasteiger partial charge in [0.15, 0.2) is 0 Å². The Morgan fingerprint density at radius 2 is 2.12 bits per heavy atom. The van der Waals surface area contributed by atoms with Crippen LogP contribution in [0.5, 0.6) is 0 Å². The lowest BCUT2D eigenvalue weighted by molar-refractivity contribution is 0.239. The molecular weight excluding hydrogens is 362 g/mol. The van der Waals surface area contributed by atoms with E-state index < -0.39 is 0 Å². The maximum Gasteiger partial charge on any atom is 0.205 e. The van der Waals surface area contributed by atoms with E-state index in [0.29, 0.717) is 5.57 Å². The predicted octanol–water partition coefficient (Wildman–Crippen LogP) is 4.29. The number of ether oxygens (including phenoxy) is 1. The van der Waals surface area contributed by atoms with E-state index in [2.05, 4.69) is 41.5 Å². The zero-order valence-corrected chi connectivity index (χ0v) is 16.1. The zero-order valence-electron chi connectivity index (χ0n) is 14.4. The van der Waals surface area contributed by atoms with Crippen molar-refractivity contribution in [2.24, 2.45) is 5.73 Å². The van der Waals surface area contributed by atoms with Crippen LogP contribution in [0.25, 0.3) is 6.08 Å². The fourth-order valence-corrected chi connectivity index (χ4v) is 5.04. The molecule has 2 aliphatic heterocycles. The zero-order chi connectivity index (χ0) is 18.1. The van der Waals surface area contributed by atoms with Gasteiger partial charge in [-0.15, -0.1) is 22.7 Å². The van der Waals surface area contributed by atoms with Gasteiger partial charge in [0.25, 0.3) is 0 Å². The molecule has 2 N–H and O–H groups in total. The fourth-order valence-electron chi connectivity index (χ4n) is 3.49. The Balaban J connectivity index is 1.87. The lowest BCUT2D eigenvalue weighted by atomic mass is 9.84. The molecule has 0 fully saturated rings. The van der Waals surface area contributed by atoms with E-state index >= 15 is 0 Å². The topological polar surface area (TPSA) is 62.3 Å². The van der Waals surface area contributed by atoms with E-state index in [0.717, 1.165) is 41.4 Å². The molecule has 0 saturated heterocycles. The van der Waals surface area contributed by atoms with Gasteiger partial charge in [-0.05, 0) is 35.5 Å². The quantitative estimate of drug-likeness (QED) is 0.861. The van der Waals surface area contributed by atoms with Gasteiger partial charge in [0.05, 0.1) is 5.92 Å². The van der Waals surface area contributed by atoms with Crippen molar-refractivity contribution in [2.45, 2.75) is 12.8 Å². The summed E-state index contributed by atoms with van der Waals surface area (Å²) in [4.78, 5) is 4.70. The van der Waals surface area contributed by atoms with Crippen molar-refractivity contribution in [3.05, 3.63) is 73.1 Å². The molecule has 0 unspecified atom stereocenters. The van der Waals surface area contributed by atoms with Gasteiger partial charge in [0, 0.05) is 34.0 Å². The Hall–Kier alpha value is -2.33. The molecule has 4 rings (SSSR count). The molecule has 4 heterocycles. The molecule has 2 aromatic heterocycles. The van der Waals surface area contributed by atoms with E-state index in [1.54, 1.807) is 22.7 Å². The maximum atomic E-state index is 9.70. The number of rotatable bonds is 3. The second kappa shape index (κ2) is 7.12. The summed E-state index contributed by atoms with van der Waals surface area (Å²) in [7, 11) is 0. The van der Waals surface area contributed by atoms with E-state index in [1.807, 2.05) is 17.5 Å². The minimum atomic E-state index is -0.121. The SMILES string of the molecule is CCN1CC2=C(OC(N)=C(C#N)[C@H]2c2cccs2)/C(=C\c2cccs2)C1. The number of hydrogen-bond acceptors (Lipinski definition) is 6. The van der Waals surface area contributed by atoms with Crippen LogP contribution in [0.1, 0.15) is 22.6 Å². The average Bonchev–Trinajstić information content (AvgIpc) is 3.34. The van der Waals surface area contributed by atoms with Crippen molar-refractivity contribution in [1.82, 2.24) is 4.90 Å². The van der Waals surface area contributed by atoms with Crippen molar-refractivity contribution in [1.29, 1.82) is 5.26 Å². The maximum absolute atomic E-state index is 9.70. The van der Waals surface area contributed by atoms with Gasteiger partial charge in [-0.1, -0.05) is 19.1 Å². The molecule has 1 atom stereocenters. The summed E-state index contributed by atoms with van der Waals surface area (Å²) in [6.45, 7) is 4.71. The van der Waals surface area contributed by atoms with Crippen LogP contribution in [0.15, 0.2) is 63.4 Å². The number of nitrogens with two attached hydrogens (primary N) is 1. The fraction of sp³-hybridized carbons (Fsp3) is 0.250. The Kier molecular flexibility index (Phi) is 4.68. The van der Waals surface area contributed by atoms with Crippen LogP contribution in [0, 0.1) is 11.3 Å². The third-order valence-electron chi connectivity index (χ3n) is 4.74. The summed E-state index contributed by atoms with van der Waals surface area (Å²) in [5, 5.41) is 13.8. The molecule has 0 spiro atoms. The number of nitriles is 1. The third kappa shape index (κ3) is 2.99. The first kappa shape index (κ1) is 17.1. The van der Waals surface area contributed by atoms with Crippen molar-refractivity contribution in [2.75, 3.05) is 19.6 Å². The van der Waals surface area contributed by atoms with Gasteiger partial charge in [0.2, 0.25) is 5.88 Å². The summed E-state index contributed by atoms with van der Waals surface area (Å²) < 4.78 is 6.01. The minimum Gasteiger partial charge on any atom is -0.440 e. The first-order valence-corrected chi connectivity index (χ1v) is 10.3. The molecular formula is C20H19N3OS2. The smallest absolute Gasteiger partial charge is 0.205 e. The number of hydrogen-bond donors (Lipinski definition) is 1. The minimum absolute atomic E-state index is 0.121. The van der Waals surface area contributed by atoms with Crippen LogP contribution in [0.4, 0.5) is 0 Å². The summed E-state index contributed by atoms with van der Waals surface area (Å²) in [5.74, 6) is 0.953. The van der Waals surface area contributed by atoms with Gasteiger partial charge in [-0.3, -0.25) is 4.90 Å². The van der Waals surface area contributed by atoms with Crippen LogP contribution in [-0.2, 0) is 4.74 Å². The van der Waals surface area contributed by atoms with Crippen molar-refractivity contribution < 1.29 is 4.74 Å². The van der Waals surface area contributed by atoms with Crippen LogP contribution >= 0.6 is 22.7 Å². The lowest BCUT2D eigenvalue weighted by Gasteiger charge is -2.37. The highest BCUT2D eigenvalue weighted by Gasteiger charge is 2.37. The molecule has 0 aliphatic carbocycles. The molecule has 2 aliphatic rings. The van der Waals surface area contributed by atoms with Gasteiger partial charge in [-0.2, -0.15) is 5.26 Å². The highest BCUT2D eigenvalue weighted by molar-refractivity contribution is 7.10. The van der Waals surface area contributed by atoms with Crippen LogP contribution < -0.4 is 5.73 Å². The van der Waals surface area contributed by atoms with Crippen LogP contribution in [0.3, 0.4) is 0 Å². The first-order chi connectivity index (χ1) is 12.7. The molecule has 6 heteroatoms. The van der Waals surface area contributed by atoms with Gasteiger partial charge in [-0.25, -0.2) is 0 Å².